The molecule has 0 fully saturated rings. The molecule has 25 heavy (non-hydrogen) atoms. The van der Waals surface area contributed by atoms with Crippen LogP contribution in [0.15, 0.2) is 40.8 Å². The fourth-order valence-corrected chi connectivity index (χ4v) is 2.29. The van der Waals surface area contributed by atoms with E-state index in [2.05, 4.69) is 15.5 Å². The molecule has 0 aliphatic heterocycles. The Hall–Kier alpha value is -3.16. The van der Waals surface area contributed by atoms with E-state index in [4.69, 9.17) is 13.9 Å². The Balaban J connectivity index is 1.78. The lowest BCUT2D eigenvalue weighted by molar-refractivity contribution is 0.355. The Morgan fingerprint density at radius 2 is 1.88 bits per heavy atom. The molecule has 0 spiro atoms. The summed E-state index contributed by atoms with van der Waals surface area (Å²) in [6, 6.07) is 9.06. The van der Waals surface area contributed by atoms with Crippen LogP contribution in [0.4, 0.5) is 14.8 Å². The average Bonchev–Trinajstić information content (AvgIpc) is 3.10. The fraction of sp³-hybridized carbons (Fsp3) is 0.176. The predicted molar refractivity (Wildman–Crippen MR) is 86.5 cm³/mol. The van der Waals surface area contributed by atoms with Gasteiger partial charge in [-0.2, -0.15) is 0 Å². The van der Waals surface area contributed by atoms with Gasteiger partial charge in [0, 0.05) is 6.54 Å². The van der Waals surface area contributed by atoms with Gasteiger partial charge in [-0.25, -0.2) is 8.78 Å². The zero-order chi connectivity index (χ0) is 17.8. The van der Waals surface area contributed by atoms with Crippen molar-refractivity contribution >= 4 is 6.01 Å². The van der Waals surface area contributed by atoms with Crippen LogP contribution in [0.2, 0.25) is 0 Å². The maximum Gasteiger partial charge on any atom is 0.316 e. The Bertz CT molecular complexity index is 883. The lowest BCUT2D eigenvalue weighted by Crippen LogP contribution is -2.00. The van der Waals surface area contributed by atoms with Gasteiger partial charge in [-0.1, -0.05) is 17.2 Å². The van der Waals surface area contributed by atoms with Gasteiger partial charge in [0.05, 0.1) is 19.8 Å². The Kier molecular flexibility index (Phi) is 4.78. The van der Waals surface area contributed by atoms with Gasteiger partial charge in [-0.15, -0.1) is 5.10 Å². The monoisotopic (exact) mass is 347 g/mol. The molecule has 0 aliphatic rings. The fourth-order valence-electron chi connectivity index (χ4n) is 2.29. The summed E-state index contributed by atoms with van der Waals surface area (Å²) in [5, 5.41) is 10.7. The molecule has 3 rings (SSSR count). The molecule has 0 aliphatic carbocycles. The number of aromatic nitrogens is 2. The van der Waals surface area contributed by atoms with Crippen LogP contribution >= 0.6 is 0 Å². The molecular weight excluding hydrogens is 332 g/mol. The molecule has 0 saturated heterocycles. The van der Waals surface area contributed by atoms with E-state index < -0.39 is 11.6 Å². The number of para-hydroxylation sites is 1. The molecule has 2 aromatic carbocycles. The molecule has 0 bridgehead atoms. The highest BCUT2D eigenvalue weighted by molar-refractivity contribution is 5.67. The van der Waals surface area contributed by atoms with Gasteiger partial charge < -0.3 is 19.2 Å². The van der Waals surface area contributed by atoms with E-state index in [-0.39, 0.29) is 18.5 Å². The summed E-state index contributed by atoms with van der Waals surface area (Å²) < 4.78 is 42.3. The van der Waals surface area contributed by atoms with Crippen molar-refractivity contribution in [2.45, 2.75) is 6.54 Å². The minimum atomic E-state index is -0.911. The zero-order valence-corrected chi connectivity index (χ0v) is 13.5. The second kappa shape index (κ2) is 7.16. The third kappa shape index (κ3) is 3.52. The van der Waals surface area contributed by atoms with Crippen molar-refractivity contribution in [3.8, 4) is 23.0 Å². The van der Waals surface area contributed by atoms with E-state index in [1.807, 2.05) is 0 Å². The normalized spacial score (nSPS) is 10.6. The van der Waals surface area contributed by atoms with Crippen molar-refractivity contribution in [1.29, 1.82) is 0 Å². The summed E-state index contributed by atoms with van der Waals surface area (Å²) in [5.74, 6) is -0.556. The molecule has 1 N–H and O–H groups in total. The zero-order valence-electron chi connectivity index (χ0n) is 13.5. The highest BCUT2D eigenvalue weighted by Gasteiger charge is 2.17. The maximum atomic E-state index is 13.2. The van der Waals surface area contributed by atoms with Gasteiger partial charge in [-0.05, 0) is 29.8 Å². The smallest absolute Gasteiger partial charge is 0.316 e. The first-order valence-corrected chi connectivity index (χ1v) is 7.35. The maximum absolute atomic E-state index is 13.2. The van der Waals surface area contributed by atoms with Crippen molar-refractivity contribution < 1.29 is 22.7 Å². The summed E-state index contributed by atoms with van der Waals surface area (Å²) in [6.07, 6.45) is 0. The van der Waals surface area contributed by atoms with Gasteiger partial charge in [-0.3, -0.25) is 0 Å². The van der Waals surface area contributed by atoms with Crippen LogP contribution in [-0.4, -0.2) is 24.4 Å². The average molecular weight is 347 g/mol. The van der Waals surface area contributed by atoms with Crippen molar-refractivity contribution in [3.63, 3.8) is 0 Å². The number of anilines is 1. The molecule has 1 heterocycles. The number of halogens is 2. The standard InChI is InChI=1S/C17H15F2N3O3/c1-23-14-5-3-4-11(15(14)24-2)16-21-22-17(25-16)20-9-10-6-7-12(18)13(19)8-10/h3-8H,9H2,1-2H3,(H,20,22). The van der Waals surface area contributed by atoms with E-state index in [1.54, 1.807) is 18.2 Å². The number of rotatable bonds is 6. The van der Waals surface area contributed by atoms with Crippen LogP contribution in [0.3, 0.4) is 0 Å². The predicted octanol–water partition coefficient (Wildman–Crippen LogP) is 3.64. The van der Waals surface area contributed by atoms with Crippen molar-refractivity contribution in [2.24, 2.45) is 0 Å². The third-order valence-corrected chi connectivity index (χ3v) is 3.49. The van der Waals surface area contributed by atoms with Gasteiger partial charge in [0.15, 0.2) is 23.1 Å². The summed E-state index contributed by atoms with van der Waals surface area (Å²) in [5.41, 5.74) is 1.12. The van der Waals surface area contributed by atoms with E-state index in [0.29, 0.717) is 22.6 Å². The van der Waals surface area contributed by atoms with Crippen LogP contribution in [0, 0.1) is 11.6 Å². The second-order valence-electron chi connectivity index (χ2n) is 5.06. The quantitative estimate of drug-likeness (QED) is 0.734. The first-order chi connectivity index (χ1) is 12.1. The Morgan fingerprint density at radius 1 is 1.04 bits per heavy atom. The van der Waals surface area contributed by atoms with Crippen LogP contribution < -0.4 is 14.8 Å². The number of methoxy groups -OCH3 is 2. The van der Waals surface area contributed by atoms with Crippen LogP contribution in [0.25, 0.3) is 11.5 Å². The lowest BCUT2D eigenvalue weighted by atomic mass is 10.2. The summed E-state index contributed by atoms with van der Waals surface area (Å²) in [6.45, 7) is 0.202. The molecule has 8 heteroatoms. The number of hydrogen-bond acceptors (Lipinski definition) is 6. The number of nitrogens with one attached hydrogen (secondary N) is 1. The number of nitrogens with zero attached hydrogens (tertiary/aromatic N) is 2. The third-order valence-electron chi connectivity index (χ3n) is 3.49. The summed E-state index contributed by atoms with van der Waals surface area (Å²) in [7, 11) is 3.05. The molecular formula is C17H15F2N3O3. The molecule has 0 radical (unpaired) electrons. The van der Waals surface area contributed by atoms with E-state index in [9.17, 15) is 8.78 Å². The lowest BCUT2D eigenvalue weighted by Gasteiger charge is -2.09. The molecule has 6 nitrogen and oxygen atoms in total. The minimum Gasteiger partial charge on any atom is -0.493 e. The van der Waals surface area contributed by atoms with Crippen molar-refractivity contribution in [2.75, 3.05) is 19.5 Å². The van der Waals surface area contributed by atoms with Gasteiger partial charge in [0.1, 0.15) is 0 Å². The van der Waals surface area contributed by atoms with Crippen LogP contribution in [-0.2, 0) is 6.54 Å². The first kappa shape index (κ1) is 16.7. The van der Waals surface area contributed by atoms with Gasteiger partial charge in [0.2, 0.25) is 0 Å². The first-order valence-electron chi connectivity index (χ1n) is 7.35. The molecule has 0 atom stereocenters. The van der Waals surface area contributed by atoms with Gasteiger partial charge in [0.25, 0.3) is 5.89 Å². The van der Waals surface area contributed by atoms with Crippen LogP contribution in [0.5, 0.6) is 11.5 Å². The largest absolute Gasteiger partial charge is 0.493 e. The molecule has 0 amide bonds. The van der Waals surface area contributed by atoms with Gasteiger partial charge >= 0.3 is 6.01 Å². The Labute approximate surface area is 142 Å². The van der Waals surface area contributed by atoms with Crippen LogP contribution in [0.1, 0.15) is 5.56 Å². The summed E-state index contributed by atoms with van der Waals surface area (Å²) >= 11 is 0. The Morgan fingerprint density at radius 3 is 2.60 bits per heavy atom. The number of benzene rings is 2. The van der Waals surface area contributed by atoms with E-state index in [0.717, 1.165) is 12.1 Å². The minimum absolute atomic E-state index is 0.143. The van der Waals surface area contributed by atoms with Crippen molar-refractivity contribution in [1.82, 2.24) is 10.2 Å². The van der Waals surface area contributed by atoms with E-state index in [1.165, 1.54) is 20.3 Å². The number of ether oxygens (including phenoxy) is 2. The molecule has 0 saturated carbocycles. The van der Waals surface area contributed by atoms with E-state index >= 15 is 0 Å². The molecule has 0 unspecified atom stereocenters. The highest BCUT2D eigenvalue weighted by Crippen LogP contribution is 2.37. The summed E-state index contributed by atoms with van der Waals surface area (Å²) in [4.78, 5) is 0. The van der Waals surface area contributed by atoms with Crippen molar-refractivity contribution in [3.05, 3.63) is 53.6 Å². The topological polar surface area (TPSA) is 69.4 Å². The second-order valence-corrected chi connectivity index (χ2v) is 5.06. The highest BCUT2D eigenvalue weighted by atomic mass is 19.2. The molecule has 130 valence electrons. The molecule has 1 aromatic heterocycles. The molecule has 3 aromatic rings. The SMILES string of the molecule is COc1cccc(-c2nnc(NCc3ccc(F)c(F)c3)o2)c1OC. The number of hydrogen-bond donors (Lipinski definition) is 1.